The first-order valence-corrected chi connectivity index (χ1v) is 10.2. The summed E-state index contributed by atoms with van der Waals surface area (Å²) in [5, 5.41) is 17.3. The van der Waals surface area contributed by atoms with E-state index in [1.54, 1.807) is 0 Å². The van der Waals surface area contributed by atoms with Gasteiger partial charge in [0.15, 0.2) is 11.5 Å². The average Bonchev–Trinajstić information content (AvgIpc) is 3.18. The van der Waals surface area contributed by atoms with Gasteiger partial charge in [0.05, 0.1) is 29.9 Å². The van der Waals surface area contributed by atoms with E-state index < -0.39 is 5.92 Å². The van der Waals surface area contributed by atoms with Crippen LogP contribution in [0.3, 0.4) is 0 Å². The van der Waals surface area contributed by atoms with Gasteiger partial charge in [-0.2, -0.15) is 5.26 Å². The fourth-order valence-electron chi connectivity index (χ4n) is 3.73. The SMILES string of the molecule is CCOc1cc([C@H]2C(C#N)=C(N)Oc3n[nH]c(-c4ccccc4)c32)ccc1OC(C)C. The Morgan fingerprint density at radius 1 is 1.19 bits per heavy atom. The van der Waals surface area contributed by atoms with Crippen LogP contribution in [0.1, 0.15) is 37.8 Å². The summed E-state index contributed by atoms with van der Waals surface area (Å²) in [4.78, 5) is 0. The number of ether oxygens (including phenoxy) is 3. The number of allylic oxidation sites excluding steroid dienone is 1. The lowest BCUT2D eigenvalue weighted by Gasteiger charge is -2.25. The molecule has 4 rings (SSSR count). The summed E-state index contributed by atoms with van der Waals surface area (Å²) in [7, 11) is 0. The maximum Gasteiger partial charge on any atom is 0.244 e. The highest BCUT2D eigenvalue weighted by Crippen LogP contribution is 2.47. The summed E-state index contributed by atoms with van der Waals surface area (Å²) >= 11 is 0. The second kappa shape index (κ2) is 8.44. The van der Waals surface area contributed by atoms with Crippen LogP contribution in [0.25, 0.3) is 11.3 Å². The molecular weight excluding hydrogens is 392 g/mol. The number of benzene rings is 2. The molecule has 0 aliphatic carbocycles. The second-order valence-electron chi connectivity index (χ2n) is 7.41. The molecule has 31 heavy (non-hydrogen) atoms. The predicted octanol–water partition coefficient (Wildman–Crippen LogP) is 4.48. The van der Waals surface area contributed by atoms with Gasteiger partial charge < -0.3 is 19.9 Å². The van der Waals surface area contributed by atoms with Crippen molar-refractivity contribution < 1.29 is 14.2 Å². The van der Waals surface area contributed by atoms with E-state index >= 15 is 0 Å². The van der Waals surface area contributed by atoms with Gasteiger partial charge >= 0.3 is 0 Å². The normalized spacial score (nSPS) is 15.3. The van der Waals surface area contributed by atoms with Crippen molar-refractivity contribution in [1.82, 2.24) is 10.2 Å². The highest BCUT2D eigenvalue weighted by atomic mass is 16.5. The Labute approximate surface area is 181 Å². The molecule has 0 unspecified atom stereocenters. The van der Waals surface area contributed by atoms with Gasteiger partial charge in [0.1, 0.15) is 11.6 Å². The largest absolute Gasteiger partial charge is 0.490 e. The molecule has 0 saturated heterocycles. The van der Waals surface area contributed by atoms with Crippen LogP contribution in [0.5, 0.6) is 17.4 Å². The van der Waals surface area contributed by atoms with Crippen LogP contribution in [-0.2, 0) is 0 Å². The average molecular weight is 416 g/mol. The Bertz CT molecular complexity index is 1160. The minimum Gasteiger partial charge on any atom is -0.490 e. The van der Waals surface area contributed by atoms with E-state index in [-0.39, 0.29) is 12.0 Å². The lowest BCUT2D eigenvalue weighted by Crippen LogP contribution is -2.21. The molecular formula is C24H24N4O3. The van der Waals surface area contributed by atoms with Crippen LogP contribution in [-0.4, -0.2) is 22.9 Å². The molecule has 0 bridgehead atoms. The number of rotatable bonds is 6. The monoisotopic (exact) mass is 416 g/mol. The zero-order chi connectivity index (χ0) is 22.0. The Kier molecular flexibility index (Phi) is 5.54. The van der Waals surface area contributed by atoms with E-state index in [2.05, 4.69) is 16.3 Å². The summed E-state index contributed by atoms with van der Waals surface area (Å²) in [6.45, 7) is 6.33. The van der Waals surface area contributed by atoms with Gasteiger partial charge in [-0.05, 0) is 44.0 Å². The smallest absolute Gasteiger partial charge is 0.244 e. The molecule has 3 aromatic rings. The van der Waals surface area contributed by atoms with Crippen molar-refractivity contribution in [2.24, 2.45) is 5.73 Å². The van der Waals surface area contributed by atoms with Crippen LogP contribution >= 0.6 is 0 Å². The van der Waals surface area contributed by atoms with Crippen LogP contribution in [0, 0.1) is 11.3 Å². The number of nitrogens with one attached hydrogen (secondary N) is 1. The molecule has 7 heteroatoms. The number of nitriles is 1. The molecule has 2 heterocycles. The van der Waals surface area contributed by atoms with E-state index in [1.165, 1.54) is 0 Å². The van der Waals surface area contributed by atoms with Crippen LogP contribution in [0.15, 0.2) is 60.0 Å². The standard InChI is InChI=1S/C24H24N4O3/c1-4-29-19-12-16(10-11-18(19)30-14(2)3)20-17(13-25)23(26)31-24-21(20)22(27-28-24)15-8-6-5-7-9-15/h5-12,14,20H,4,26H2,1-3H3,(H,27,28)/t20-/m0/s1. The molecule has 1 aromatic heterocycles. The minimum atomic E-state index is -0.463. The van der Waals surface area contributed by atoms with Gasteiger partial charge in [-0.15, -0.1) is 5.10 Å². The third kappa shape index (κ3) is 3.80. The lowest BCUT2D eigenvalue weighted by atomic mass is 9.83. The lowest BCUT2D eigenvalue weighted by molar-refractivity contribution is 0.223. The molecule has 0 radical (unpaired) electrons. The number of fused-ring (bicyclic) bond motifs is 1. The first kappa shape index (κ1) is 20.4. The van der Waals surface area contributed by atoms with Crippen molar-refractivity contribution in [3.63, 3.8) is 0 Å². The number of aromatic amines is 1. The maximum absolute atomic E-state index is 9.91. The molecule has 1 atom stereocenters. The van der Waals surface area contributed by atoms with Crippen molar-refractivity contribution in [2.75, 3.05) is 6.61 Å². The third-order valence-electron chi connectivity index (χ3n) is 4.96. The number of nitrogens with zero attached hydrogens (tertiary/aromatic N) is 2. The van der Waals surface area contributed by atoms with E-state index in [0.29, 0.717) is 29.6 Å². The zero-order valence-corrected chi connectivity index (χ0v) is 17.7. The maximum atomic E-state index is 9.91. The fraction of sp³-hybridized carbons (Fsp3) is 0.250. The second-order valence-corrected chi connectivity index (χ2v) is 7.41. The topological polar surface area (TPSA) is 106 Å². The highest BCUT2D eigenvalue weighted by Gasteiger charge is 2.36. The van der Waals surface area contributed by atoms with Crippen molar-refractivity contribution in [3.05, 3.63) is 71.1 Å². The Balaban J connectivity index is 1.89. The van der Waals surface area contributed by atoms with Crippen molar-refractivity contribution in [3.8, 4) is 34.7 Å². The van der Waals surface area contributed by atoms with Crippen LogP contribution in [0.4, 0.5) is 0 Å². The Morgan fingerprint density at radius 2 is 1.97 bits per heavy atom. The van der Waals surface area contributed by atoms with Gasteiger partial charge in [0, 0.05) is 0 Å². The minimum absolute atomic E-state index is 0.00325. The molecule has 0 amide bonds. The summed E-state index contributed by atoms with van der Waals surface area (Å²) in [6, 6.07) is 17.7. The summed E-state index contributed by atoms with van der Waals surface area (Å²) < 4.78 is 17.4. The molecule has 0 fully saturated rings. The van der Waals surface area contributed by atoms with Gasteiger partial charge in [-0.3, -0.25) is 5.10 Å². The predicted molar refractivity (Wildman–Crippen MR) is 117 cm³/mol. The quantitative estimate of drug-likeness (QED) is 0.614. The number of hydrogen-bond acceptors (Lipinski definition) is 6. The van der Waals surface area contributed by atoms with Crippen LogP contribution in [0.2, 0.25) is 0 Å². The third-order valence-corrected chi connectivity index (χ3v) is 4.96. The Morgan fingerprint density at radius 3 is 2.65 bits per heavy atom. The first-order chi connectivity index (χ1) is 15.0. The fourth-order valence-corrected chi connectivity index (χ4v) is 3.73. The number of hydrogen-bond donors (Lipinski definition) is 2. The first-order valence-electron chi connectivity index (χ1n) is 10.2. The highest BCUT2D eigenvalue weighted by molar-refractivity contribution is 5.71. The van der Waals surface area contributed by atoms with Gasteiger partial charge in [0.25, 0.3) is 0 Å². The molecule has 7 nitrogen and oxygen atoms in total. The van der Waals surface area contributed by atoms with E-state index in [1.807, 2.05) is 69.3 Å². The van der Waals surface area contributed by atoms with Crippen molar-refractivity contribution in [2.45, 2.75) is 32.8 Å². The Hall–Kier alpha value is -3.92. The van der Waals surface area contributed by atoms with Gasteiger partial charge in [-0.1, -0.05) is 36.4 Å². The number of nitrogens with two attached hydrogens (primary N) is 1. The number of aromatic nitrogens is 2. The molecule has 0 saturated carbocycles. The number of H-pyrrole nitrogens is 1. The summed E-state index contributed by atoms with van der Waals surface area (Å²) in [5.74, 6) is 1.21. The van der Waals surface area contributed by atoms with E-state index in [4.69, 9.17) is 19.9 Å². The van der Waals surface area contributed by atoms with Crippen molar-refractivity contribution in [1.29, 1.82) is 5.26 Å². The van der Waals surface area contributed by atoms with E-state index in [9.17, 15) is 5.26 Å². The van der Waals surface area contributed by atoms with Crippen molar-refractivity contribution >= 4 is 0 Å². The molecule has 3 N–H and O–H groups in total. The summed E-state index contributed by atoms with van der Waals surface area (Å²) in [5.41, 5.74) is 9.74. The summed E-state index contributed by atoms with van der Waals surface area (Å²) in [6.07, 6.45) is 0.00325. The van der Waals surface area contributed by atoms with Gasteiger partial charge in [-0.25, -0.2) is 0 Å². The zero-order valence-electron chi connectivity index (χ0n) is 17.7. The molecule has 1 aliphatic heterocycles. The molecule has 1 aliphatic rings. The molecule has 0 spiro atoms. The molecule has 2 aromatic carbocycles. The van der Waals surface area contributed by atoms with Crippen LogP contribution < -0.4 is 19.9 Å². The molecule has 158 valence electrons. The van der Waals surface area contributed by atoms with E-state index in [0.717, 1.165) is 22.4 Å². The van der Waals surface area contributed by atoms with Gasteiger partial charge in [0.2, 0.25) is 11.8 Å².